The fraction of sp³-hybridized carbons (Fsp3) is 0.850. The third-order valence-corrected chi connectivity index (χ3v) is 8.68. The molecular formula is C40H75NO3. The van der Waals surface area contributed by atoms with Gasteiger partial charge in [-0.3, -0.25) is 14.5 Å². The molecule has 1 unspecified atom stereocenters. The fourth-order valence-corrected chi connectivity index (χ4v) is 5.67. The normalized spacial score (nSPS) is 12.5. The zero-order chi connectivity index (χ0) is 32.4. The van der Waals surface area contributed by atoms with Crippen LogP contribution in [-0.4, -0.2) is 34.5 Å². The molecule has 0 aromatic rings. The topological polar surface area (TPSA) is 57.6 Å². The van der Waals surface area contributed by atoms with E-state index in [1.807, 2.05) is 0 Å². The Hall–Kier alpha value is -1.42. The number of allylic oxidation sites excluding steroid dienone is 4. The van der Waals surface area contributed by atoms with E-state index in [2.05, 4.69) is 38.2 Å². The van der Waals surface area contributed by atoms with Gasteiger partial charge in [-0.05, 0) is 77.6 Å². The number of rotatable bonds is 33. The highest BCUT2D eigenvalue weighted by Crippen LogP contribution is 2.14. The van der Waals surface area contributed by atoms with Gasteiger partial charge >= 0.3 is 0 Å². The minimum atomic E-state index is -0.502. The molecule has 0 heterocycles. The number of carbonyl (C=O) groups excluding carboxylic acids is 2. The monoisotopic (exact) mass is 618 g/mol. The molecule has 0 bridgehead atoms. The van der Waals surface area contributed by atoms with E-state index in [9.17, 15) is 14.7 Å². The minimum absolute atomic E-state index is 0.0546. The van der Waals surface area contributed by atoms with Crippen molar-refractivity contribution in [1.82, 2.24) is 4.90 Å². The lowest BCUT2D eigenvalue weighted by atomic mass is 10.1. The summed E-state index contributed by atoms with van der Waals surface area (Å²) in [7, 11) is 0. The molecule has 0 aliphatic carbocycles. The molecule has 1 N–H and O–H groups in total. The van der Waals surface area contributed by atoms with E-state index in [1.165, 1.54) is 120 Å². The molecule has 44 heavy (non-hydrogen) atoms. The van der Waals surface area contributed by atoms with E-state index < -0.39 is 6.10 Å². The highest BCUT2D eigenvalue weighted by molar-refractivity contribution is 5.95. The largest absolute Gasteiger partial charge is 0.393 e. The first kappa shape index (κ1) is 42.6. The average Bonchev–Trinajstić information content (AvgIpc) is 3.01. The Balaban J connectivity index is 3.93. The smallest absolute Gasteiger partial charge is 0.229 e. The number of amides is 2. The quantitative estimate of drug-likeness (QED) is 0.0588. The summed E-state index contributed by atoms with van der Waals surface area (Å²) < 4.78 is 0. The van der Waals surface area contributed by atoms with Gasteiger partial charge in [-0.25, -0.2) is 0 Å². The van der Waals surface area contributed by atoms with Crippen molar-refractivity contribution in [3.63, 3.8) is 0 Å². The second kappa shape index (κ2) is 34.5. The van der Waals surface area contributed by atoms with Crippen LogP contribution in [0.2, 0.25) is 0 Å². The van der Waals surface area contributed by atoms with Crippen LogP contribution in [0.3, 0.4) is 0 Å². The van der Waals surface area contributed by atoms with Crippen LogP contribution in [0.5, 0.6) is 0 Å². The summed E-state index contributed by atoms with van der Waals surface area (Å²) in [5, 5.41) is 9.74. The van der Waals surface area contributed by atoms with E-state index in [-0.39, 0.29) is 11.8 Å². The summed E-state index contributed by atoms with van der Waals surface area (Å²) >= 11 is 0. The molecule has 258 valence electrons. The third-order valence-electron chi connectivity index (χ3n) is 8.68. The first-order valence-electron chi connectivity index (χ1n) is 19.3. The van der Waals surface area contributed by atoms with E-state index in [4.69, 9.17) is 0 Å². The molecule has 0 radical (unpaired) electrons. The summed E-state index contributed by atoms with van der Waals surface area (Å²) in [4.78, 5) is 27.2. The Labute approximate surface area is 274 Å². The first-order valence-corrected chi connectivity index (χ1v) is 19.3. The van der Waals surface area contributed by atoms with Crippen molar-refractivity contribution >= 4 is 11.8 Å². The minimum Gasteiger partial charge on any atom is -0.393 e. The molecule has 0 fully saturated rings. The van der Waals surface area contributed by atoms with E-state index >= 15 is 0 Å². The molecule has 1 atom stereocenters. The predicted molar refractivity (Wildman–Crippen MR) is 192 cm³/mol. The predicted octanol–water partition coefficient (Wildman–Crippen LogP) is 12.2. The number of aliphatic hydroxyl groups is 1. The highest BCUT2D eigenvalue weighted by atomic mass is 16.3. The Morgan fingerprint density at radius 2 is 0.795 bits per heavy atom. The first-order chi connectivity index (χ1) is 21.5. The molecule has 4 heteroatoms. The number of nitrogens with zero attached hydrogens (tertiary/aromatic N) is 1. The summed E-state index contributed by atoms with van der Waals surface area (Å²) in [5.41, 5.74) is 0. The molecule has 0 aromatic heterocycles. The SMILES string of the molecule is CCCCCCCC/C=C\CCCCCCCC(=O)N(CCC(C)O)C(=O)CCCCCCC/C=C\CCCCCCCC. The van der Waals surface area contributed by atoms with Crippen molar-refractivity contribution < 1.29 is 14.7 Å². The number of imide groups is 1. The van der Waals surface area contributed by atoms with Gasteiger partial charge in [0.1, 0.15) is 0 Å². The Bertz CT molecular complexity index is 632. The lowest BCUT2D eigenvalue weighted by molar-refractivity contribution is -0.145. The van der Waals surface area contributed by atoms with Crippen LogP contribution in [0.15, 0.2) is 24.3 Å². The second-order valence-electron chi connectivity index (χ2n) is 13.2. The molecule has 0 aliphatic rings. The third kappa shape index (κ3) is 30.6. The highest BCUT2D eigenvalue weighted by Gasteiger charge is 2.20. The molecule has 0 saturated carbocycles. The van der Waals surface area contributed by atoms with Gasteiger partial charge in [0.25, 0.3) is 0 Å². The Morgan fingerprint density at radius 1 is 0.500 bits per heavy atom. The van der Waals surface area contributed by atoms with Crippen LogP contribution in [0.1, 0.15) is 207 Å². The summed E-state index contributed by atoms with van der Waals surface area (Å²) in [6.45, 7) is 6.59. The zero-order valence-corrected chi connectivity index (χ0v) is 29.8. The van der Waals surface area contributed by atoms with Crippen molar-refractivity contribution in [3.8, 4) is 0 Å². The van der Waals surface area contributed by atoms with Crippen LogP contribution < -0.4 is 0 Å². The number of carbonyl (C=O) groups is 2. The maximum Gasteiger partial charge on any atom is 0.229 e. The molecule has 0 aromatic carbocycles. The second-order valence-corrected chi connectivity index (χ2v) is 13.2. The van der Waals surface area contributed by atoms with E-state index in [0.717, 1.165) is 51.4 Å². The summed E-state index contributed by atoms with van der Waals surface area (Å²) in [5.74, 6) is -0.109. The average molecular weight is 618 g/mol. The molecule has 2 amide bonds. The lowest BCUT2D eigenvalue weighted by Crippen LogP contribution is -2.38. The molecule has 0 saturated heterocycles. The van der Waals surface area contributed by atoms with Crippen LogP contribution >= 0.6 is 0 Å². The number of hydrogen-bond donors (Lipinski definition) is 1. The fourth-order valence-electron chi connectivity index (χ4n) is 5.67. The number of hydrogen-bond acceptors (Lipinski definition) is 3. The molecule has 0 rings (SSSR count). The maximum absolute atomic E-state index is 12.9. The van der Waals surface area contributed by atoms with Gasteiger partial charge in [0.15, 0.2) is 0 Å². The standard InChI is InChI=1S/C40H75NO3/c1-4-6-8-10-12-14-16-18-20-22-24-26-28-30-32-34-39(43)41(37-36-38(3)42)40(44)35-33-31-29-27-25-23-21-19-17-15-13-11-9-7-5-2/h18-21,38,42H,4-17,22-37H2,1-3H3/b20-18-,21-19-. The lowest BCUT2D eigenvalue weighted by Gasteiger charge is -2.22. The van der Waals surface area contributed by atoms with Gasteiger partial charge in [0, 0.05) is 19.4 Å². The number of aliphatic hydroxyl groups excluding tert-OH is 1. The Kier molecular flexibility index (Phi) is 33.3. The van der Waals surface area contributed by atoms with Crippen molar-refractivity contribution in [1.29, 1.82) is 0 Å². The van der Waals surface area contributed by atoms with Crippen molar-refractivity contribution in [2.24, 2.45) is 0 Å². The van der Waals surface area contributed by atoms with Gasteiger partial charge in [-0.15, -0.1) is 0 Å². The van der Waals surface area contributed by atoms with E-state index in [0.29, 0.717) is 25.8 Å². The van der Waals surface area contributed by atoms with Gasteiger partial charge < -0.3 is 5.11 Å². The summed E-state index contributed by atoms with van der Waals surface area (Å²) in [6, 6.07) is 0. The molecule has 0 aliphatic heterocycles. The maximum atomic E-state index is 12.9. The van der Waals surface area contributed by atoms with Crippen LogP contribution in [0.4, 0.5) is 0 Å². The van der Waals surface area contributed by atoms with Gasteiger partial charge in [-0.2, -0.15) is 0 Å². The molecule has 0 spiro atoms. The van der Waals surface area contributed by atoms with E-state index in [1.54, 1.807) is 6.92 Å². The van der Waals surface area contributed by atoms with Crippen molar-refractivity contribution in [2.45, 2.75) is 213 Å². The van der Waals surface area contributed by atoms with Crippen molar-refractivity contribution in [2.75, 3.05) is 6.54 Å². The zero-order valence-electron chi connectivity index (χ0n) is 29.8. The summed E-state index contributed by atoms with van der Waals surface area (Å²) in [6.07, 6.45) is 42.2. The van der Waals surface area contributed by atoms with Crippen LogP contribution in [0.25, 0.3) is 0 Å². The molecular weight excluding hydrogens is 542 g/mol. The van der Waals surface area contributed by atoms with Gasteiger partial charge in [-0.1, -0.05) is 141 Å². The Morgan fingerprint density at radius 3 is 1.11 bits per heavy atom. The van der Waals surface area contributed by atoms with Gasteiger partial charge in [0.05, 0.1) is 6.10 Å². The van der Waals surface area contributed by atoms with Gasteiger partial charge in [0.2, 0.25) is 11.8 Å². The van der Waals surface area contributed by atoms with Crippen LogP contribution in [-0.2, 0) is 9.59 Å². The number of unbranched alkanes of at least 4 members (excludes halogenated alkanes) is 22. The van der Waals surface area contributed by atoms with Crippen LogP contribution in [0, 0.1) is 0 Å². The van der Waals surface area contributed by atoms with Crippen molar-refractivity contribution in [3.05, 3.63) is 24.3 Å². The molecule has 4 nitrogen and oxygen atoms in total.